The second kappa shape index (κ2) is 9.78. The fourth-order valence-corrected chi connectivity index (χ4v) is 3.12. The van der Waals surface area contributed by atoms with Gasteiger partial charge in [0.1, 0.15) is 29.6 Å². The fourth-order valence-electron chi connectivity index (χ4n) is 2.86. The van der Waals surface area contributed by atoms with E-state index in [-0.39, 0.29) is 11.9 Å². The van der Waals surface area contributed by atoms with E-state index in [1.807, 2.05) is 24.3 Å². The molecule has 3 aromatic rings. The van der Waals surface area contributed by atoms with Crippen LogP contribution in [0.3, 0.4) is 0 Å². The van der Waals surface area contributed by atoms with Crippen molar-refractivity contribution in [3.63, 3.8) is 0 Å². The van der Waals surface area contributed by atoms with Crippen molar-refractivity contribution >= 4 is 33.7 Å². The van der Waals surface area contributed by atoms with Crippen LogP contribution in [0.5, 0.6) is 0 Å². The number of hydrogen-bond donors (Lipinski definition) is 2. The summed E-state index contributed by atoms with van der Waals surface area (Å²) in [5.41, 5.74) is 0.253. The van der Waals surface area contributed by atoms with Crippen LogP contribution in [0.4, 0.5) is 14.7 Å². The molecule has 2 N–H and O–H groups in total. The van der Waals surface area contributed by atoms with Gasteiger partial charge in [-0.3, -0.25) is 14.9 Å². The molecule has 0 radical (unpaired) electrons. The van der Waals surface area contributed by atoms with E-state index in [1.165, 1.54) is 6.33 Å². The summed E-state index contributed by atoms with van der Waals surface area (Å²) in [5, 5.41) is 9.13. The number of halogens is 3. The van der Waals surface area contributed by atoms with Crippen molar-refractivity contribution in [1.29, 1.82) is 0 Å². The highest BCUT2D eigenvalue weighted by Crippen LogP contribution is 2.14. The molecule has 2 amide bonds. The highest BCUT2D eigenvalue weighted by Gasteiger charge is 2.28. The number of aromatic nitrogens is 3. The van der Waals surface area contributed by atoms with E-state index in [4.69, 9.17) is 0 Å². The summed E-state index contributed by atoms with van der Waals surface area (Å²) in [7, 11) is 0. The average Bonchev–Trinajstić information content (AvgIpc) is 3.14. The summed E-state index contributed by atoms with van der Waals surface area (Å²) in [5.74, 6) is -3.93. The van der Waals surface area contributed by atoms with Gasteiger partial charge < -0.3 is 5.32 Å². The van der Waals surface area contributed by atoms with Crippen molar-refractivity contribution in [2.24, 2.45) is 5.92 Å². The van der Waals surface area contributed by atoms with Gasteiger partial charge >= 0.3 is 0 Å². The minimum absolute atomic E-state index is 0.0547. The Balaban J connectivity index is 1.68. The number of amides is 2. The van der Waals surface area contributed by atoms with Crippen LogP contribution in [0.2, 0.25) is 0 Å². The second-order valence-corrected chi connectivity index (χ2v) is 8.09. The lowest BCUT2D eigenvalue weighted by Gasteiger charge is -2.21. The lowest BCUT2D eigenvalue weighted by atomic mass is 10.0. The number of hydrogen-bond acceptors (Lipinski definition) is 4. The van der Waals surface area contributed by atoms with Crippen molar-refractivity contribution in [2.75, 3.05) is 5.32 Å². The summed E-state index contributed by atoms with van der Waals surface area (Å²) in [4.78, 5) is 29.1. The number of nitrogens with zero attached hydrogens (tertiary/aromatic N) is 3. The Labute approximate surface area is 186 Å². The monoisotopic (exact) mass is 491 g/mol. The number of nitrogens with one attached hydrogen (secondary N) is 2. The Hall–Kier alpha value is -3.14. The molecule has 2 aromatic carbocycles. The zero-order valence-corrected chi connectivity index (χ0v) is 18.4. The molecule has 0 aliphatic rings. The summed E-state index contributed by atoms with van der Waals surface area (Å²) in [6, 6.07) is 9.72. The third-order valence-electron chi connectivity index (χ3n) is 4.45. The summed E-state index contributed by atoms with van der Waals surface area (Å²) >= 11 is 3.37. The van der Waals surface area contributed by atoms with Gasteiger partial charge in [-0.2, -0.15) is 0 Å². The first-order chi connectivity index (χ1) is 14.7. The zero-order chi connectivity index (χ0) is 22.5. The first-order valence-corrected chi connectivity index (χ1v) is 10.2. The largest absolute Gasteiger partial charge is 0.340 e. The van der Waals surface area contributed by atoms with E-state index < -0.39 is 35.1 Å². The first kappa shape index (κ1) is 22.5. The number of carbonyl (C=O) groups is 2. The first-order valence-electron chi connectivity index (χ1n) is 9.44. The van der Waals surface area contributed by atoms with Gasteiger partial charge in [-0.15, -0.1) is 5.10 Å². The maximum Gasteiger partial charge on any atom is 0.257 e. The third-order valence-corrected chi connectivity index (χ3v) is 4.98. The molecular formula is C21H20BrF2N5O2. The summed E-state index contributed by atoms with van der Waals surface area (Å²) < 4.78 is 30.3. The highest BCUT2D eigenvalue weighted by molar-refractivity contribution is 9.10. The SMILES string of the molecule is CC(C)C(NC(=O)c1c(F)cccc1F)C(=O)Nc1ncn(Cc2ccc(Br)cc2)n1. The molecule has 3 rings (SSSR count). The molecule has 0 fully saturated rings. The highest BCUT2D eigenvalue weighted by atomic mass is 79.9. The van der Waals surface area contributed by atoms with Gasteiger partial charge in [0, 0.05) is 4.47 Å². The van der Waals surface area contributed by atoms with Crippen LogP contribution in [0.25, 0.3) is 0 Å². The van der Waals surface area contributed by atoms with E-state index in [1.54, 1.807) is 18.5 Å². The fraction of sp³-hybridized carbons (Fsp3) is 0.238. The number of rotatable bonds is 7. The van der Waals surface area contributed by atoms with Gasteiger partial charge in [0.05, 0.1) is 6.54 Å². The van der Waals surface area contributed by atoms with Crippen molar-refractivity contribution in [3.8, 4) is 0 Å². The van der Waals surface area contributed by atoms with Gasteiger partial charge in [-0.1, -0.05) is 48.0 Å². The third kappa shape index (κ3) is 5.72. The lowest BCUT2D eigenvalue weighted by molar-refractivity contribution is -0.118. The standard InChI is InChI=1S/C21H20BrF2N5O2/c1-12(2)18(26-19(30)17-15(23)4-3-5-16(17)24)20(31)27-21-25-11-29(28-21)10-13-6-8-14(22)9-7-13/h3-9,11-12,18H,10H2,1-2H3,(H,26,30)(H,27,28,31). The lowest BCUT2D eigenvalue weighted by Crippen LogP contribution is -2.47. The Bertz CT molecular complexity index is 1070. The molecule has 0 spiro atoms. The topological polar surface area (TPSA) is 88.9 Å². The van der Waals surface area contributed by atoms with E-state index in [0.717, 1.165) is 28.2 Å². The zero-order valence-electron chi connectivity index (χ0n) is 16.8. The van der Waals surface area contributed by atoms with Crippen LogP contribution in [0, 0.1) is 17.6 Å². The van der Waals surface area contributed by atoms with Gasteiger partial charge in [-0.25, -0.2) is 18.4 Å². The van der Waals surface area contributed by atoms with Crippen molar-refractivity contribution in [2.45, 2.75) is 26.4 Å². The minimum atomic E-state index is -1.05. The van der Waals surface area contributed by atoms with E-state index >= 15 is 0 Å². The number of carbonyl (C=O) groups excluding carboxylic acids is 2. The minimum Gasteiger partial charge on any atom is -0.340 e. The molecule has 1 unspecified atom stereocenters. The van der Waals surface area contributed by atoms with Crippen LogP contribution in [0.15, 0.2) is 53.3 Å². The van der Waals surface area contributed by atoms with E-state index in [0.29, 0.717) is 6.54 Å². The van der Waals surface area contributed by atoms with Gasteiger partial charge in [-0.05, 0) is 35.7 Å². The predicted octanol–water partition coefficient (Wildman–Crippen LogP) is 3.76. The van der Waals surface area contributed by atoms with Crippen molar-refractivity contribution in [3.05, 3.63) is 76.0 Å². The quantitative estimate of drug-likeness (QED) is 0.526. The Kier molecular flexibility index (Phi) is 7.11. The van der Waals surface area contributed by atoms with Gasteiger partial charge in [0.2, 0.25) is 11.9 Å². The van der Waals surface area contributed by atoms with E-state index in [2.05, 4.69) is 36.6 Å². The molecule has 0 bridgehead atoms. The summed E-state index contributed by atoms with van der Waals surface area (Å²) in [6.07, 6.45) is 1.47. The maximum absolute atomic E-state index is 13.9. The molecular weight excluding hydrogens is 472 g/mol. The Morgan fingerprint density at radius 1 is 1.10 bits per heavy atom. The van der Waals surface area contributed by atoms with Crippen LogP contribution in [-0.4, -0.2) is 32.6 Å². The van der Waals surface area contributed by atoms with Crippen LogP contribution < -0.4 is 10.6 Å². The molecule has 1 heterocycles. The Morgan fingerprint density at radius 3 is 2.35 bits per heavy atom. The predicted molar refractivity (Wildman–Crippen MR) is 114 cm³/mol. The van der Waals surface area contributed by atoms with Crippen LogP contribution in [-0.2, 0) is 11.3 Å². The van der Waals surface area contributed by atoms with Gasteiger partial charge in [0.15, 0.2) is 0 Å². The molecule has 0 aliphatic carbocycles. The van der Waals surface area contributed by atoms with Crippen molar-refractivity contribution in [1.82, 2.24) is 20.1 Å². The van der Waals surface area contributed by atoms with Crippen LogP contribution >= 0.6 is 15.9 Å². The number of anilines is 1. The molecule has 1 atom stereocenters. The molecule has 0 aliphatic heterocycles. The molecule has 162 valence electrons. The molecule has 0 saturated heterocycles. The smallest absolute Gasteiger partial charge is 0.257 e. The molecule has 10 heteroatoms. The average molecular weight is 492 g/mol. The molecule has 7 nitrogen and oxygen atoms in total. The number of benzene rings is 2. The van der Waals surface area contributed by atoms with Crippen molar-refractivity contribution < 1.29 is 18.4 Å². The Morgan fingerprint density at radius 2 is 1.74 bits per heavy atom. The second-order valence-electron chi connectivity index (χ2n) is 7.17. The van der Waals surface area contributed by atoms with Gasteiger partial charge in [0.25, 0.3) is 5.91 Å². The molecule has 1 aromatic heterocycles. The molecule has 0 saturated carbocycles. The normalized spacial score (nSPS) is 11.9. The van der Waals surface area contributed by atoms with Crippen LogP contribution in [0.1, 0.15) is 29.8 Å². The summed E-state index contributed by atoms with van der Waals surface area (Å²) in [6.45, 7) is 3.84. The van der Waals surface area contributed by atoms with E-state index in [9.17, 15) is 18.4 Å². The molecule has 31 heavy (non-hydrogen) atoms. The maximum atomic E-state index is 13.9.